The Morgan fingerprint density at radius 3 is 0.756 bits per heavy atom. The average Bonchev–Trinajstić information content (AvgIpc) is 3.47. The van der Waals surface area contributed by atoms with Crippen molar-refractivity contribution in [2.45, 2.75) is 380 Å². The predicted octanol–water partition coefficient (Wildman–Crippen LogP) is 24.8. The summed E-state index contributed by atoms with van der Waals surface area (Å²) in [6.45, 7) is 6.55. The summed E-state index contributed by atoms with van der Waals surface area (Å²) in [4.78, 5) is 38.5. The molecular weight excluding hydrogens is 1010 g/mol. The largest absolute Gasteiger partial charge is 0.462 e. The standard InChI is InChI=1S/C76H136O6/c1-4-7-10-13-16-19-22-25-28-31-34-35-36-37-38-39-40-41-43-45-48-51-54-57-60-63-66-69-75(78)81-72-73(71-80-74(77)68-65-62-59-56-53-50-47-44-33-30-27-24-21-18-15-12-9-6-3)82-76(79)70-67-64-61-58-55-52-49-46-42-32-29-26-23-20-17-14-11-8-5-2/h8,11,17,20-21,24,26,29-30,33,42,46,73H,4-7,9-10,12-16,18-19,22-23,25,27-28,31-32,34-41,43-45,47-72H2,1-3H3/b11-8-,20-17-,24-21-,29-26-,33-30-,46-42-. The van der Waals surface area contributed by atoms with Crippen molar-refractivity contribution in [1.29, 1.82) is 0 Å². The SMILES string of the molecule is CC/C=C\C/C=C\C/C=C\C/C=C\CCCCCCCCC(=O)OC(COC(=O)CCCCCCCCC/C=C\C/C=C\CCCCCC)COC(=O)CCCCCCCCCCCCCCCCCCCCCCCCCCCCC. The van der Waals surface area contributed by atoms with Crippen LogP contribution in [0.1, 0.15) is 374 Å². The van der Waals surface area contributed by atoms with Crippen molar-refractivity contribution in [3.8, 4) is 0 Å². The van der Waals surface area contributed by atoms with Gasteiger partial charge in [0.15, 0.2) is 6.10 Å². The summed E-state index contributed by atoms with van der Waals surface area (Å²) < 4.78 is 17.0. The molecule has 0 radical (unpaired) electrons. The molecule has 1 atom stereocenters. The lowest BCUT2D eigenvalue weighted by Crippen LogP contribution is -2.30. The maximum absolute atomic E-state index is 13.0. The molecule has 6 nitrogen and oxygen atoms in total. The van der Waals surface area contributed by atoms with Crippen LogP contribution >= 0.6 is 0 Å². The predicted molar refractivity (Wildman–Crippen MR) is 358 cm³/mol. The Kier molecular flexibility index (Phi) is 67.6. The molecule has 0 bridgehead atoms. The molecule has 0 saturated heterocycles. The highest BCUT2D eigenvalue weighted by Crippen LogP contribution is 2.18. The Hall–Kier alpha value is -3.15. The van der Waals surface area contributed by atoms with Crippen LogP contribution in [0.2, 0.25) is 0 Å². The van der Waals surface area contributed by atoms with Gasteiger partial charge in [0.2, 0.25) is 0 Å². The molecule has 6 heteroatoms. The lowest BCUT2D eigenvalue weighted by atomic mass is 10.0. The van der Waals surface area contributed by atoms with Gasteiger partial charge in [-0.2, -0.15) is 0 Å². The number of carbonyl (C=O) groups excluding carboxylic acids is 3. The van der Waals surface area contributed by atoms with Gasteiger partial charge in [0.25, 0.3) is 0 Å². The van der Waals surface area contributed by atoms with Crippen molar-refractivity contribution in [1.82, 2.24) is 0 Å². The van der Waals surface area contributed by atoms with Crippen molar-refractivity contribution in [2.24, 2.45) is 0 Å². The third-order valence-corrected chi connectivity index (χ3v) is 15.9. The molecule has 1 unspecified atom stereocenters. The monoisotopic (exact) mass is 1150 g/mol. The molecule has 0 amide bonds. The number of allylic oxidation sites excluding steroid dienone is 12. The van der Waals surface area contributed by atoms with Gasteiger partial charge < -0.3 is 14.2 Å². The third kappa shape index (κ3) is 67.6. The smallest absolute Gasteiger partial charge is 0.306 e. The van der Waals surface area contributed by atoms with E-state index < -0.39 is 6.10 Å². The molecule has 82 heavy (non-hydrogen) atoms. The second-order valence-electron chi connectivity index (χ2n) is 24.1. The third-order valence-electron chi connectivity index (χ3n) is 15.9. The second-order valence-corrected chi connectivity index (χ2v) is 24.1. The van der Waals surface area contributed by atoms with Crippen LogP contribution in [-0.4, -0.2) is 37.2 Å². The molecule has 0 aromatic carbocycles. The molecular formula is C76H136O6. The quantitative estimate of drug-likeness (QED) is 0.0261. The Bertz CT molecular complexity index is 1500. The summed E-state index contributed by atoms with van der Waals surface area (Å²) in [5, 5.41) is 0. The maximum atomic E-state index is 13.0. The molecule has 0 aliphatic heterocycles. The van der Waals surface area contributed by atoms with Gasteiger partial charge in [-0.25, -0.2) is 0 Å². The normalized spacial score (nSPS) is 12.5. The molecule has 0 N–H and O–H groups in total. The first-order valence-electron chi connectivity index (χ1n) is 35.9. The number of ether oxygens (including phenoxy) is 3. The van der Waals surface area contributed by atoms with E-state index in [-0.39, 0.29) is 31.1 Å². The van der Waals surface area contributed by atoms with E-state index in [0.29, 0.717) is 19.3 Å². The second kappa shape index (κ2) is 70.3. The Labute approximate surface area is 510 Å². The Morgan fingerprint density at radius 1 is 0.256 bits per heavy atom. The van der Waals surface area contributed by atoms with Crippen molar-refractivity contribution in [3.05, 3.63) is 72.9 Å². The van der Waals surface area contributed by atoms with Gasteiger partial charge in [-0.3, -0.25) is 14.4 Å². The number of rotatable bonds is 66. The maximum Gasteiger partial charge on any atom is 0.306 e. The topological polar surface area (TPSA) is 78.9 Å². The number of unbranched alkanes of at least 4 members (excludes halogenated alkanes) is 43. The van der Waals surface area contributed by atoms with Crippen molar-refractivity contribution >= 4 is 17.9 Å². The number of hydrogen-bond acceptors (Lipinski definition) is 6. The first-order valence-corrected chi connectivity index (χ1v) is 35.9. The Morgan fingerprint density at radius 2 is 0.476 bits per heavy atom. The fraction of sp³-hybridized carbons (Fsp3) is 0.803. The van der Waals surface area contributed by atoms with Gasteiger partial charge in [0, 0.05) is 19.3 Å². The molecule has 0 heterocycles. The fourth-order valence-corrected chi connectivity index (χ4v) is 10.6. The molecule has 476 valence electrons. The lowest BCUT2D eigenvalue weighted by molar-refractivity contribution is -0.167. The lowest BCUT2D eigenvalue weighted by Gasteiger charge is -2.18. The average molecular weight is 1150 g/mol. The minimum atomic E-state index is -0.788. The van der Waals surface area contributed by atoms with Crippen LogP contribution in [0.5, 0.6) is 0 Å². The van der Waals surface area contributed by atoms with Crippen molar-refractivity contribution in [3.63, 3.8) is 0 Å². The molecule has 0 aliphatic rings. The molecule has 0 spiro atoms. The van der Waals surface area contributed by atoms with Gasteiger partial charge >= 0.3 is 17.9 Å². The first-order chi connectivity index (χ1) is 40.5. The van der Waals surface area contributed by atoms with Crippen LogP contribution in [0.25, 0.3) is 0 Å². The van der Waals surface area contributed by atoms with Crippen LogP contribution in [-0.2, 0) is 28.6 Å². The first kappa shape index (κ1) is 78.8. The van der Waals surface area contributed by atoms with E-state index in [2.05, 4.69) is 93.7 Å². The van der Waals surface area contributed by atoms with E-state index in [1.807, 2.05) is 0 Å². The number of esters is 3. The molecule has 0 rings (SSSR count). The van der Waals surface area contributed by atoms with E-state index in [1.54, 1.807) is 0 Å². The van der Waals surface area contributed by atoms with E-state index >= 15 is 0 Å². The van der Waals surface area contributed by atoms with E-state index in [1.165, 1.54) is 225 Å². The highest BCUT2D eigenvalue weighted by molar-refractivity contribution is 5.71. The van der Waals surface area contributed by atoms with Crippen LogP contribution in [0.3, 0.4) is 0 Å². The highest BCUT2D eigenvalue weighted by Gasteiger charge is 2.19. The van der Waals surface area contributed by atoms with Gasteiger partial charge in [-0.1, -0.05) is 338 Å². The summed E-state index contributed by atoms with van der Waals surface area (Å²) in [6, 6.07) is 0. The van der Waals surface area contributed by atoms with E-state index in [0.717, 1.165) is 109 Å². The molecule has 0 aromatic heterocycles. The number of carbonyl (C=O) groups is 3. The van der Waals surface area contributed by atoms with Crippen molar-refractivity contribution in [2.75, 3.05) is 13.2 Å². The van der Waals surface area contributed by atoms with Crippen LogP contribution in [0.15, 0.2) is 72.9 Å². The summed E-state index contributed by atoms with van der Waals surface area (Å²) >= 11 is 0. The Balaban J connectivity index is 4.31. The summed E-state index contributed by atoms with van der Waals surface area (Å²) in [5.41, 5.74) is 0. The fourth-order valence-electron chi connectivity index (χ4n) is 10.6. The minimum Gasteiger partial charge on any atom is -0.462 e. The minimum absolute atomic E-state index is 0.0807. The molecule has 0 aliphatic carbocycles. The molecule has 0 fully saturated rings. The van der Waals surface area contributed by atoms with Gasteiger partial charge in [0.1, 0.15) is 13.2 Å². The van der Waals surface area contributed by atoms with Gasteiger partial charge in [-0.15, -0.1) is 0 Å². The molecule has 0 saturated carbocycles. The van der Waals surface area contributed by atoms with E-state index in [4.69, 9.17) is 14.2 Å². The zero-order valence-corrected chi connectivity index (χ0v) is 54.8. The summed E-state index contributed by atoms with van der Waals surface area (Å²) in [5.74, 6) is -0.881. The summed E-state index contributed by atoms with van der Waals surface area (Å²) in [6.07, 6.45) is 92.2. The van der Waals surface area contributed by atoms with Crippen molar-refractivity contribution < 1.29 is 28.6 Å². The summed E-state index contributed by atoms with van der Waals surface area (Å²) in [7, 11) is 0. The number of hydrogen-bond donors (Lipinski definition) is 0. The van der Waals surface area contributed by atoms with Gasteiger partial charge in [0.05, 0.1) is 0 Å². The van der Waals surface area contributed by atoms with Gasteiger partial charge in [-0.05, 0) is 89.9 Å². The molecule has 0 aromatic rings. The zero-order chi connectivity index (χ0) is 59.2. The van der Waals surface area contributed by atoms with E-state index in [9.17, 15) is 14.4 Å². The zero-order valence-electron chi connectivity index (χ0n) is 54.8. The van der Waals surface area contributed by atoms with Crippen LogP contribution in [0, 0.1) is 0 Å². The van der Waals surface area contributed by atoms with Crippen LogP contribution < -0.4 is 0 Å². The highest BCUT2D eigenvalue weighted by atomic mass is 16.6. The van der Waals surface area contributed by atoms with Crippen LogP contribution in [0.4, 0.5) is 0 Å².